The van der Waals surface area contributed by atoms with Crippen LogP contribution in [0.4, 0.5) is 0 Å². The van der Waals surface area contributed by atoms with E-state index in [4.69, 9.17) is 4.74 Å². The molecule has 3 nitrogen and oxygen atoms in total. The van der Waals surface area contributed by atoms with Gasteiger partial charge in [-0.05, 0) is 18.8 Å². The summed E-state index contributed by atoms with van der Waals surface area (Å²) < 4.78 is 5.09. The van der Waals surface area contributed by atoms with Gasteiger partial charge in [0, 0.05) is 19.7 Å². The van der Waals surface area contributed by atoms with Gasteiger partial charge in [0.2, 0.25) is 5.91 Å². The molecule has 0 aliphatic carbocycles. The highest BCUT2D eigenvalue weighted by Gasteiger charge is 2.28. The zero-order chi connectivity index (χ0) is 13.4. The van der Waals surface area contributed by atoms with Crippen molar-refractivity contribution in [3.05, 3.63) is 0 Å². The van der Waals surface area contributed by atoms with Crippen LogP contribution >= 0.6 is 15.9 Å². The summed E-state index contributed by atoms with van der Waals surface area (Å²) in [4.78, 5) is 14.2. The van der Waals surface area contributed by atoms with Gasteiger partial charge in [0.1, 0.15) is 0 Å². The Morgan fingerprint density at radius 3 is 2.18 bits per heavy atom. The number of alkyl halides is 1. The highest BCUT2D eigenvalue weighted by Crippen LogP contribution is 2.19. The molecule has 0 bridgehead atoms. The van der Waals surface area contributed by atoms with E-state index in [2.05, 4.69) is 43.6 Å². The van der Waals surface area contributed by atoms with Crippen LogP contribution in [0.3, 0.4) is 0 Å². The van der Waals surface area contributed by atoms with Crippen molar-refractivity contribution in [3.8, 4) is 0 Å². The summed E-state index contributed by atoms with van der Waals surface area (Å²) in [5, 5.41) is 0. The second-order valence-electron chi connectivity index (χ2n) is 4.64. The Kier molecular flexibility index (Phi) is 8.88. The second kappa shape index (κ2) is 8.92. The number of rotatable bonds is 8. The maximum Gasteiger partial charge on any atom is 0.236 e. The molecule has 17 heavy (non-hydrogen) atoms. The van der Waals surface area contributed by atoms with Gasteiger partial charge in [0.05, 0.1) is 11.4 Å². The molecule has 1 atom stereocenters. The summed E-state index contributed by atoms with van der Waals surface area (Å²) in [7, 11) is 1.67. The highest BCUT2D eigenvalue weighted by molar-refractivity contribution is 9.10. The summed E-state index contributed by atoms with van der Waals surface area (Å²) in [5.74, 6) is 0.493. The molecule has 0 aliphatic heterocycles. The number of hydrogen-bond acceptors (Lipinski definition) is 2. The number of carbonyl (C=O) groups is 1. The molecule has 0 radical (unpaired) electrons. The number of amides is 1. The number of hydrogen-bond donors (Lipinski definition) is 0. The third-order valence-corrected chi connectivity index (χ3v) is 4.47. The number of methoxy groups -OCH3 is 1. The molecule has 0 aromatic heterocycles. The quantitative estimate of drug-likeness (QED) is 0.645. The maximum atomic E-state index is 12.4. The lowest BCUT2D eigenvalue weighted by atomic mass is 10.1. The van der Waals surface area contributed by atoms with Crippen molar-refractivity contribution >= 4 is 21.8 Å². The molecule has 0 saturated carbocycles. The van der Waals surface area contributed by atoms with Crippen molar-refractivity contribution in [2.24, 2.45) is 5.92 Å². The number of ether oxygens (including phenoxy) is 1. The first-order valence-electron chi connectivity index (χ1n) is 6.42. The number of halogens is 1. The van der Waals surface area contributed by atoms with E-state index >= 15 is 0 Å². The summed E-state index contributed by atoms with van der Waals surface area (Å²) in [6.45, 7) is 9.63. The van der Waals surface area contributed by atoms with E-state index in [1.807, 2.05) is 4.90 Å². The van der Waals surface area contributed by atoms with E-state index < -0.39 is 0 Å². The fourth-order valence-corrected chi connectivity index (χ4v) is 2.10. The first-order valence-corrected chi connectivity index (χ1v) is 7.34. The molecular formula is C13H26BrNO2. The maximum absolute atomic E-state index is 12.4. The van der Waals surface area contributed by atoms with Crippen molar-refractivity contribution < 1.29 is 9.53 Å². The average molecular weight is 308 g/mol. The van der Waals surface area contributed by atoms with Crippen LogP contribution in [0.1, 0.15) is 40.5 Å². The van der Waals surface area contributed by atoms with Gasteiger partial charge in [-0.25, -0.2) is 0 Å². The summed E-state index contributed by atoms with van der Waals surface area (Å²) in [5.41, 5.74) is 0. The average Bonchev–Trinajstić information content (AvgIpc) is 2.32. The predicted molar refractivity (Wildman–Crippen MR) is 75.5 cm³/mol. The molecule has 0 spiro atoms. The fourth-order valence-electron chi connectivity index (χ4n) is 1.84. The van der Waals surface area contributed by atoms with Crippen LogP contribution in [0, 0.1) is 5.92 Å². The smallest absolute Gasteiger partial charge is 0.236 e. The molecule has 0 aliphatic rings. The molecule has 0 rings (SSSR count). The van der Waals surface area contributed by atoms with Gasteiger partial charge in [-0.2, -0.15) is 0 Å². The van der Waals surface area contributed by atoms with Crippen LogP contribution in [0.2, 0.25) is 0 Å². The molecule has 1 amide bonds. The first-order chi connectivity index (χ1) is 7.99. The monoisotopic (exact) mass is 307 g/mol. The summed E-state index contributed by atoms with van der Waals surface area (Å²) >= 11 is 3.49. The number of carbonyl (C=O) groups excluding carboxylic acids is 1. The molecule has 0 N–H and O–H groups in total. The zero-order valence-electron chi connectivity index (χ0n) is 11.7. The lowest BCUT2D eigenvalue weighted by Crippen LogP contribution is -2.46. The van der Waals surface area contributed by atoms with Crippen LogP contribution in [-0.2, 0) is 9.53 Å². The molecule has 0 heterocycles. The van der Waals surface area contributed by atoms with Gasteiger partial charge in [0.25, 0.3) is 0 Å². The van der Waals surface area contributed by atoms with E-state index in [1.54, 1.807) is 7.11 Å². The second-order valence-corrected chi connectivity index (χ2v) is 5.63. The molecule has 0 fully saturated rings. The molecule has 0 aromatic rings. The van der Waals surface area contributed by atoms with Crippen molar-refractivity contribution in [2.45, 2.75) is 51.4 Å². The van der Waals surface area contributed by atoms with Gasteiger partial charge in [-0.15, -0.1) is 0 Å². The molecule has 1 unspecified atom stereocenters. The Hall–Kier alpha value is -0.0900. The predicted octanol–water partition coefficient (Wildman–Crippen LogP) is 3.07. The lowest BCUT2D eigenvalue weighted by Gasteiger charge is -2.33. The number of nitrogens with zero attached hydrogens (tertiary/aromatic N) is 1. The first kappa shape index (κ1) is 16.9. The van der Waals surface area contributed by atoms with Gasteiger partial charge in [0.15, 0.2) is 0 Å². The molecule has 4 heteroatoms. The Balaban J connectivity index is 4.71. The van der Waals surface area contributed by atoms with Crippen molar-refractivity contribution in [1.82, 2.24) is 4.90 Å². The SMILES string of the molecule is CCC(CC)N(CCOC)C(=O)C(Br)C(C)C. The van der Waals surface area contributed by atoms with Crippen LogP contribution in [0.5, 0.6) is 0 Å². The highest BCUT2D eigenvalue weighted by atomic mass is 79.9. The summed E-state index contributed by atoms with van der Waals surface area (Å²) in [6.07, 6.45) is 1.98. The van der Waals surface area contributed by atoms with Crippen molar-refractivity contribution in [2.75, 3.05) is 20.3 Å². The Labute approximate surface area is 114 Å². The van der Waals surface area contributed by atoms with Gasteiger partial charge < -0.3 is 9.64 Å². The third-order valence-electron chi connectivity index (χ3n) is 3.02. The standard InChI is InChI=1S/C13H26BrNO2/c1-6-11(7-2)15(8-9-17-5)13(16)12(14)10(3)4/h10-12H,6-9H2,1-5H3. The molecular weight excluding hydrogens is 282 g/mol. The minimum Gasteiger partial charge on any atom is -0.383 e. The van der Waals surface area contributed by atoms with Gasteiger partial charge in [-0.3, -0.25) is 4.79 Å². The third kappa shape index (κ3) is 5.38. The largest absolute Gasteiger partial charge is 0.383 e. The van der Waals surface area contributed by atoms with Crippen LogP contribution in [0.15, 0.2) is 0 Å². The Morgan fingerprint density at radius 1 is 1.29 bits per heavy atom. The Morgan fingerprint density at radius 2 is 1.82 bits per heavy atom. The van der Waals surface area contributed by atoms with E-state index in [-0.39, 0.29) is 10.7 Å². The van der Waals surface area contributed by atoms with Crippen LogP contribution < -0.4 is 0 Å². The normalized spacial score (nSPS) is 13.2. The Bertz CT molecular complexity index is 217. The van der Waals surface area contributed by atoms with Crippen LogP contribution in [-0.4, -0.2) is 41.9 Å². The van der Waals surface area contributed by atoms with Gasteiger partial charge >= 0.3 is 0 Å². The summed E-state index contributed by atoms with van der Waals surface area (Å²) in [6, 6.07) is 0.316. The van der Waals surface area contributed by atoms with E-state index in [0.717, 1.165) is 12.8 Å². The van der Waals surface area contributed by atoms with Crippen LogP contribution in [0.25, 0.3) is 0 Å². The zero-order valence-corrected chi connectivity index (χ0v) is 13.3. The topological polar surface area (TPSA) is 29.5 Å². The minimum absolute atomic E-state index is 0.0973. The van der Waals surface area contributed by atoms with Crippen molar-refractivity contribution in [3.63, 3.8) is 0 Å². The van der Waals surface area contributed by atoms with E-state index in [0.29, 0.717) is 25.1 Å². The lowest BCUT2D eigenvalue weighted by molar-refractivity contribution is -0.134. The van der Waals surface area contributed by atoms with E-state index in [9.17, 15) is 4.79 Å². The minimum atomic E-state index is -0.0973. The van der Waals surface area contributed by atoms with Gasteiger partial charge in [-0.1, -0.05) is 43.6 Å². The van der Waals surface area contributed by atoms with Crippen molar-refractivity contribution in [1.29, 1.82) is 0 Å². The molecule has 0 aromatic carbocycles. The molecule has 102 valence electrons. The molecule has 0 saturated heterocycles. The fraction of sp³-hybridized carbons (Fsp3) is 0.923. The van der Waals surface area contributed by atoms with E-state index in [1.165, 1.54) is 0 Å².